The average molecular weight is 270 g/mol. The molecule has 100 valence electrons. The molecule has 5 heteroatoms. The van der Waals surface area contributed by atoms with Crippen LogP contribution in [0.15, 0.2) is 18.2 Å². The van der Waals surface area contributed by atoms with Gasteiger partial charge < -0.3 is 14.6 Å². The van der Waals surface area contributed by atoms with E-state index in [2.05, 4.69) is 6.92 Å². The Morgan fingerprint density at radius 3 is 2.83 bits per heavy atom. The van der Waals surface area contributed by atoms with Gasteiger partial charge >= 0.3 is 5.97 Å². The zero-order valence-electron chi connectivity index (χ0n) is 10.4. The van der Waals surface area contributed by atoms with E-state index in [-0.39, 0.29) is 0 Å². The number of carbonyl (C=O) groups is 1. The molecule has 0 aliphatic carbocycles. The van der Waals surface area contributed by atoms with E-state index in [0.29, 0.717) is 19.8 Å². The molecule has 1 aromatic heterocycles. The van der Waals surface area contributed by atoms with Gasteiger partial charge in [0.15, 0.2) is 0 Å². The first kappa shape index (κ1) is 14.9. The molecule has 1 rings (SSSR count). The molecule has 0 atom stereocenters. The van der Waals surface area contributed by atoms with E-state index in [4.69, 9.17) is 14.6 Å². The normalized spacial score (nSPS) is 11.2. The zero-order chi connectivity index (χ0) is 13.2. The molecular formula is C13H18O4S. The lowest BCUT2D eigenvalue weighted by molar-refractivity contribution is -0.131. The van der Waals surface area contributed by atoms with Crippen LogP contribution in [0.5, 0.6) is 0 Å². The van der Waals surface area contributed by atoms with E-state index in [9.17, 15) is 4.79 Å². The summed E-state index contributed by atoms with van der Waals surface area (Å²) in [5.41, 5.74) is 0. The molecule has 0 radical (unpaired) electrons. The predicted octanol–water partition coefficient (Wildman–Crippen LogP) is 2.79. The van der Waals surface area contributed by atoms with Crippen LogP contribution >= 0.6 is 11.3 Å². The number of carboxylic acid groups (broad SMARTS) is 1. The maximum atomic E-state index is 10.4. The molecule has 0 aliphatic heterocycles. The maximum Gasteiger partial charge on any atom is 0.328 e. The van der Waals surface area contributed by atoms with Gasteiger partial charge in [0.05, 0.1) is 19.8 Å². The molecule has 0 aromatic carbocycles. The van der Waals surface area contributed by atoms with Crippen molar-refractivity contribution >= 4 is 23.4 Å². The highest BCUT2D eigenvalue weighted by Gasteiger charge is 1.98. The molecule has 0 amide bonds. The van der Waals surface area contributed by atoms with Crippen molar-refractivity contribution < 1.29 is 19.4 Å². The van der Waals surface area contributed by atoms with Gasteiger partial charge in [-0.25, -0.2) is 4.79 Å². The fourth-order valence-electron chi connectivity index (χ4n) is 1.25. The summed E-state index contributed by atoms with van der Waals surface area (Å²) >= 11 is 1.53. The molecule has 0 saturated carbocycles. The van der Waals surface area contributed by atoms with Crippen LogP contribution in [0.1, 0.15) is 23.1 Å². The lowest BCUT2D eigenvalue weighted by Gasteiger charge is -2.03. The van der Waals surface area contributed by atoms with Crippen LogP contribution in [-0.4, -0.2) is 30.9 Å². The van der Waals surface area contributed by atoms with Crippen molar-refractivity contribution in [2.24, 2.45) is 0 Å². The van der Waals surface area contributed by atoms with E-state index >= 15 is 0 Å². The summed E-state index contributed by atoms with van der Waals surface area (Å²) in [6.45, 7) is 4.58. The number of aliphatic carboxylic acids is 1. The fourth-order valence-corrected chi connectivity index (χ4v) is 2.11. The molecule has 0 spiro atoms. The van der Waals surface area contributed by atoms with Crippen LogP contribution in [-0.2, 0) is 20.9 Å². The second-order valence-corrected chi connectivity index (χ2v) is 4.84. The highest BCUT2D eigenvalue weighted by atomic mass is 32.1. The molecule has 0 aliphatic rings. The summed E-state index contributed by atoms with van der Waals surface area (Å²) in [7, 11) is 0. The summed E-state index contributed by atoms with van der Waals surface area (Å²) in [5, 5.41) is 8.51. The molecule has 18 heavy (non-hydrogen) atoms. The molecule has 1 N–H and O–H groups in total. The van der Waals surface area contributed by atoms with Gasteiger partial charge in [0.1, 0.15) is 0 Å². The number of hydrogen-bond acceptors (Lipinski definition) is 4. The molecule has 0 saturated heterocycles. The minimum absolute atomic E-state index is 0.543. The Labute approximate surface area is 111 Å². The summed E-state index contributed by atoms with van der Waals surface area (Å²) < 4.78 is 10.7. The molecule has 1 aromatic rings. The number of ether oxygens (including phenoxy) is 2. The van der Waals surface area contributed by atoms with Crippen molar-refractivity contribution in [1.82, 2.24) is 0 Å². The smallest absolute Gasteiger partial charge is 0.328 e. The van der Waals surface area contributed by atoms with Crippen molar-refractivity contribution in [3.8, 4) is 0 Å². The highest BCUT2D eigenvalue weighted by Crippen LogP contribution is 2.18. The topological polar surface area (TPSA) is 55.8 Å². The third-order valence-corrected chi connectivity index (χ3v) is 3.06. The van der Waals surface area contributed by atoms with E-state index in [0.717, 1.165) is 28.9 Å². The van der Waals surface area contributed by atoms with Gasteiger partial charge in [-0.3, -0.25) is 0 Å². The lowest BCUT2D eigenvalue weighted by Crippen LogP contribution is -2.04. The maximum absolute atomic E-state index is 10.4. The Hall–Kier alpha value is -1.17. The van der Waals surface area contributed by atoms with Crippen molar-refractivity contribution in [3.05, 3.63) is 28.0 Å². The lowest BCUT2D eigenvalue weighted by atomic mass is 10.4. The van der Waals surface area contributed by atoms with E-state index < -0.39 is 5.97 Å². The fraction of sp³-hybridized carbons (Fsp3) is 0.462. The van der Waals surface area contributed by atoms with Crippen molar-refractivity contribution in [3.63, 3.8) is 0 Å². The van der Waals surface area contributed by atoms with Gasteiger partial charge in [-0.15, -0.1) is 11.3 Å². The molecule has 4 nitrogen and oxygen atoms in total. The third kappa shape index (κ3) is 6.54. The van der Waals surface area contributed by atoms with Crippen LogP contribution in [0.3, 0.4) is 0 Å². The first-order valence-electron chi connectivity index (χ1n) is 5.87. The summed E-state index contributed by atoms with van der Waals surface area (Å²) in [5.74, 6) is -0.936. The largest absolute Gasteiger partial charge is 0.478 e. The standard InChI is InChI=1S/C13H18O4S/c1-2-7-16-8-9-17-10-12-4-3-11(18-12)5-6-13(14)15/h3-6H,2,7-10H2,1H3,(H,14,15). The van der Waals surface area contributed by atoms with Gasteiger partial charge in [-0.05, 0) is 24.6 Å². The second kappa shape index (κ2) is 8.85. The van der Waals surface area contributed by atoms with Crippen LogP contribution < -0.4 is 0 Å². The van der Waals surface area contributed by atoms with Crippen molar-refractivity contribution in [2.75, 3.05) is 19.8 Å². The van der Waals surface area contributed by atoms with Crippen LogP contribution in [0.25, 0.3) is 6.08 Å². The number of rotatable bonds is 9. The van der Waals surface area contributed by atoms with E-state index in [1.807, 2.05) is 12.1 Å². The van der Waals surface area contributed by atoms with Crippen LogP contribution in [0, 0.1) is 0 Å². The minimum Gasteiger partial charge on any atom is -0.478 e. The first-order valence-corrected chi connectivity index (χ1v) is 6.69. The van der Waals surface area contributed by atoms with Crippen LogP contribution in [0.2, 0.25) is 0 Å². The second-order valence-electron chi connectivity index (χ2n) is 3.64. The van der Waals surface area contributed by atoms with Crippen LogP contribution in [0.4, 0.5) is 0 Å². The Bertz CT molecular complexity index is 384. The molecule has 1 heterocycles. The monoisotopic (exact) mass is 270 g/mol. The minimum atomic E-state index is -0.936. The number of hydrogen-bond donors (Lipinski definition) is 1. The predicted molar refractivity (Wildman–Crippen MR) is 71.8 cm³/mol. The summed E-state index contributed by atoms with van der Waals surface area (Å²) in [6, 6.07) is 3.83. The van der Waals surface area contributed by atoms with Crippen molar-refractivity contribution in [1.29, 1.82) is 0 Å². The van der Waals surface area contributed by atoms with Gasteiger partial charge in [0, 0.05) is 22.4 Å². The van der Waals surface area contributed by atoms with Gasteiger partial charge in [-0.2, -0.15) is 0 Å². The molecular weight excluding hydrogens is 252 g/mol. The average Bonchev–Trinajstić information content (AvgIpc) is 2.79. The van der Waals surface area contributed by atoms with Crippen molar-refractivity contribution in [2.45, 2.75) is 20.0 Å². The summed E-state index contributed by atoms with van der Waals surface area (Å²) in [6.07, 6.45) is 3.74. The van der Waals surface area contributed by atoms with Gasteiger partial charge in [0.2, 0.25) is 0 Å². The molecule has 0 fully saturated rings. The number of thiophene rings is 1. The molecule has 0 bridgehead atoms. The first-order chi connectivity index (χ1) is 8.72. The van der Waals surface area contributed by atoms with E-state index in [1.54, 1.807) is 6.08 Å². The molecule has 0 unspecified atom stereocenters. The van der Waals surface area contributed by atoms with Gasteiger partial charge in [0.25, 0.3) is 0 Å². The SMILES string of the molecule is CCCOCCOCc1ccc(C=CC(=O)O)s1. The Morgan fingerprint density at radius 1 is 1.33 bits per heavy atom. The summed E-state index contributed by atoms with van der Waals surface area (Å²) in [4.78, 5) is 12.4. The highest BCUT2D eigenvalue weighted by molar-refractivity contribution is 7.12. The quantitative estimate of drug-likeness (QED) is 0.554. The zero-order valence-corrected chi connectivity index (χ0v) is 11.2. The Morgan fingerprint density at radius 2 is 2.11 bits per heavy atom. The third-order valence-electron chi connectivity index (χ3n) is 2.04. The van der Waals surface area contributed by atoms with E-state index in [1.165, 1.54) is 11.3 Å². The Kier molecular flexibility index (Phi) is 7.32. The Balaban J connectivity index is 2.21. The van der Waals surface area contributed by atoms with Gasteiger partial charge in [-0.1, -0.05) is 6.92 Å². The number of carboxylic acids is 1.